The molecule has 0 aliphatic heterocycles. The van der Waals surface area contributed by atoms with Gasteiger partial charge in [0, 0.05) is 6.42 Å². The summed E-state index contributed by atoms with van der Waals surface area (Å²) in [5, 5.41) is 10.4. The number of aliphatic hydroxyl groups is 1. The number of hydrogen-bond acceptors (Lipinski definition) is 2. The number of aliphatic hydroxyl groups excluding tert-OH is 1. The summed E-state index contributed by atoms with van der Waals surface area (Å²) >= 11 is 0. The molecule has 0 aromatic rings. The molecule has 0 aromatic carbocycles. The zero-order valence-corrected chi connectivity index (χ0v) is 15.4. The Balaban J connectivity index is 0.000000753. The molecule has 23 heavy (non-hydrogen) atoms. The van der Waals surface area contributed by atoms with Crippen LogP contribution in [0.5, 0.6) is 0 Å². The van der Waals surface area contributed by atoms with Gasteiger partial charge in [-0.25, -0.2) is 0 Å². The molecule has 0 aromatic heterocycles. The van der Waals surface area contributed by atoms with E-state index in [0.29, 0.717) is 11.7 Å². The quantitative estimate of drug-likeness (QED) is 0.689. The first-order valence-corrected chi connectivity index (χ1v) is 9.87. The summed E-state index contributed by atoms with van der Waals surface area (Å²) in [6.07, 6.45) is 10.7. The van der Waals surface area contributed by atoms with Gasteiger partial charge in [-0.1, -0.05) is 33.3 Å². The highest BCUT2D eigenvalue weighted by Crippen LogP contribution is 2.65. The summed E-state index contributed by atoms with van der Waals surface area (Å²) in [6, 6.07) is 0. The number of ketones is 1. The van der Waals surface area contributed by atoms with Gasteiger partial charge in [0.1, 0.15) is 0 Å². The van der Waals surface area contributed by atoms with Gasteiger partial charge in [-0.2, -0.15) is 0 Å². The maximum atomic E-state index is 11.8. The number of carbonyl (C=O) groups is 1. The average Bonchev–Trinajstić information content (AvgIpc) is 2.86. The van der Waals surface area contributed by atoms with E-state index in [1.165, 1.54) is 31.3 Å². The smallest absolute Gasteiger partial charge is 0.155 e. The van der Waals surface area contributed by atoms with Crippen molar-refractivity contribution >= 4 is 5.78 Å². The molecule has 0 radical (unpaired) electrons. The van der Waals surface area contributed by atoms with Crippen LogP contribution in [-0.4, -0.2) is 17.0 Å². The summed E-state index contributed by atoms with van der Waals surface area (Å²) < 4.78 is 0. The third-order valence-electron chi connectivity index (χ3n) is 7.91. The van der Waals surface area contributed by atoms with Crippen LogP contribution in [0.4, 0.5) is 0 Å². The van der Waals surface area contributed by atoms with Gasteiger partial charge < -0.3 is 5.11 Å². The second-order valence-corrected chi connectivity index (χ2v) is 8.61. The first-order valence-electron chi connectivity index (χ1n) is 9.87. The lowest BCUT2D eigenvalue weighted by Crippen LogP contribution is -2.51. The fourth-order valence-electron chi connectivity index (χ4n) is 6.53. The second-order valence-electron chi connectivity index (χ2n) is 8.61. The van der Waals surface area contributed by atoms with Crippen LogP contribution < -0.4 is 0 Å². The van der Waals surface area contributed by atoms with E-state index in [9.17, 15) is 9.90 Å². The van der Waals surface area contributed by atoms with E-state index in [4.69, 9.17) is 0 Å². The molecule has 4 rings (SSSR count). The van der Waals surface area contributed by atoms with E-state index in [2.05, 4.69) is 13.8 Å². The van der Waals surface area contributed by atoms with Crippen LogP contribution in [-0.2, 0) is 4.79 Å². The lowest BCUT2D eigenvalue weighted by Gasteiger charge is -2.57. The maximum Gasteiger partial charge on any atom is 0.155 e. The Hall–Kier alpha value is -0.630. The average molecular weight is 319 g/mol. The lowest BCUT2D eigenvalue weighted by molar-refractivity contribution is -0.118. The Morgan fingerprint density at radius 2 is 1.74 bits per heavy atom. The van der Waals surface area contributed by atoms with Crippen molar-refractivity contribution in [2.45, 2.75) is 85.2 Å². The molecule has 4 unspecified atom stereocenters. The summed E-state index contributed by atoms with van der Waals surface area (Å²) in [5.74, 6) is 2.57. The standard InChI is InChI=1S/C19H28O2.C2H6/c1-18-9-7-13(20)11-12(18)3-4-14-15-5-6-17(21)19(15,2)10-8-16(14)18;1-2/h11,14-17,21H,3-10H2,1-2H3;1-2H3/t14?,15?,16?,17?,18-,19-;/m0./s1. The monoisotopic (exact) mass is 318 g/mol. The molecule has 0 bridgehead atoms. The molecule has 0 heterocycles. The van der Waals surface area contributed by atoms with E-state index < -0.39 is 0 Å². The molecular weight excluding hydrogens is 284 g/mol. The highest BCUT2D eigenvalue weighted by Gasteiger charge is 2.58. The van der Waals surface area contributed by atoms with Gasteiger partial charge in [-0.3, -0.25) is 4.79 Å². The van der Waals surface area contributed by atoms with Gasteiger partial charge in [-0.15, -0.1) is 0 Å². The minimum atomic E-state index is -0.0823. The molecule has 2 nitrogen and oxygen atoms in total. The number of hydrogen-bond donors (Lipinski definition) is 1. The third kappa shape index (κ3) is 2.44. The molecule has 4 aliphatic rings. The fraction of sp³-hybridized carbons (Fsp3) is 0.857. The van der Waals surface area contributed by atoms with Crippen molar-refractivity contribution in [2.75, 3.05) is 0 Å². The summed E-state index contributed by atoms with van der Waals surface area (Å²) in [5.41, 5.74) is 1.89. The predicted molar refractivity (Wildman–Crippen MR) is 94.1 cm³/mol. The molecule has 130 valence electrons. The molecule has 3 saturated carbocycles. The number of fused-ring (bicyclic) bond motifs is 5. The number of carbonyl (C=O) groups excluding carboxylic acids is 1. The van der Waals surface area contributed by atoms with Crippen LogP contribution in [0.1, 0.15) is 79.1 Å². The molecule has 0 saturated heterocycles. The van der Waals surface area contributed by atoms with Gasteiger partial charge in [0.25, 0.3) is 0 Å². The zero-order chi connectivity index (χ0) is 16.8. The van der Waals surface area contributed by atoms with E-state index in [0.717, 1.165) is 37.5 Å². The highest BCUT2D eigenvalue weighted by molar-refractivity contribution is 5.91. The van der Waals surface area contributed by atoms with Crippen molar-refractivity contribution in [1.29, 1.82) is 0 Å². The molecule has 3 fully saturated rings. The van der Waals surface area contributed by atoms with Crippen LogP contribution in [0, 0.1) is 28.6 Å². The Bertz CT molecular complexity index is 508. The molecule has 0 amide bonds. The number of allylic oxidation sites excluding steroid dienone is 1. The normalized spacial score (nSPS) is 48.4. The van der Waals surface area contributed by atoms with E-state index in [-0.39, 0.29) is 16.9 Å². The van der Waals surface area contributed by atoms with E-state index >= 15 is 0 Å². The number of rotatable bonds is 0. The van der Waals surface area contributed by atoms with Crippen molar-refractivity contribution < 1.29 is 9.90 Å². The Labute approximate surface area is 141 Å². The van der Waals surface area contributed by atoms with E-state index in [1.54, 1.807) is 0 Å². The predicted octanol–water partition coefficient (Wildman–Crippen LogP) is 4.91. The topological polar surface area (TPSA) is 37.3 Å². The molecule has 6 atom stereocenters. The molecular formula is C21H34O2. The van der Waals surface area contributed by atoms with Gasteiger partial charge in [-0.05, 0) is 79.6 Å². The third-order valence-corrected chi connectivity index (χ3v) is 7.91. The largest absolute Gasteiger partial charge is 0.393 e. The summed E-state index contributed by atoms with van der Waals surface area (Å²) in [4.78, 5) is 11.8. The summed E-state index contributed by atoms with van der Waals surface area (Å²) in [7, 11) is 0. The van der Waals surface area contributed by atoms with Gasteiger partial charge >= 0.3 is 0 Å². The molecule has 1 N–H and O–H groups in total. The van der Waals surface area contributed by atoms with Crippen LogP contribution in [0.2, 0.25) is 0 Å². The van der Waals surface area contributed by atoms with Gasteiger partial charge in [0.2, 0.25) is 0 Å². The van der Waals surface area contributed by atoms with Gasteiger partial charge in [0.05, 0.1) is 6.10 Å². The SMILES string of the molecule is CC.C[C@]12CCC3C(CCC4=CC(=O)CC[C@@]43C)C1CCC2O. The maximum absolute atomic E-state index is 11.8. The summed E-state index contributed by atoms with van der Waals surface area (Å²) in [6.45, 7) is 8.76. The van der Waals surface area contributed by atoms with Crippen molar-refractivity contribution in [3.63, 3.8) is 0 Å². The van der Waals surface area contributed by atoms with Crippen molar-refractivity contribution in [3.8, 4) is 0 Å². The highest BCUT2D eigenvalue weighted by atomic mass is 16.3. The fourth-order valence-corrected chi connectivity index (χ4v) is 6.53. The van der Waals surface area contributed by atoms with Crippen LogP contribution in [0.15, 0.2) is 11.6 Å². The van der Waals surface area contributed by atoms with Crippen molar-refractivity contribution in [3.05, 3.63) is 11.6 Å². The first kappa shape index (κ1) is 17.2. The molecule has 4 aliphatic carbocycles. The first-order chi connectivity index (χ1) is 10.9. The van der Waals surface area contributed by atoms with Crippen molar-refractivity contribution in [2.24, 2.45) is 28.6 Å². The Morgan fingerprint density at radius 1 is 1.00 bits per heavy atom. The van der Waals surface area contributed by atoms with Crippen LogP contribution in [0.25, 0.3) is 0 Å². The van der Waals surface area contributed by atoms with E-state index in [1.807, 2.05) is 19.9 Å². The second kappa shape index (κ2) is 6.02. The Kier molecular flexibility index (Phi) is 4.50. The van der Waals surface area contributed by atoms with Crippen molar-refractivity contribution in [1.82, 2.24) is 0 Å². The molecule has 2 heteroatoms. The van der Waals surface area contributed by atoms with Crippen LogP contribution >= 0.6 is 0 Å². The van der Waals surface area contributed by atoms with Gasteiger partial charge in [0.15, 0.2) is 5.78 Å². The lowest BCUT2D eigenvalue weighted by atomic mass is 9.47. The zero-order valence-electron chi connectivity index (χ0n) is 15.4. The minimum Gasteiger partial charge on any atom is -0.393 e. The Morgan fingerprint density at radius 3 is 2.48 bits per heavy atom. The van der Waals surface area contributed by atoms with Crippen LogP contribution in [0.3, 0.4) is 0 Å². The minimum absolute atomic E-state index is 0.0823. The molecule has 0 spiro atoms.